The summed E-state index contributed by atoms with van der Waals surface area (Å²) in [6.45, 7) is 4.95. The van der Waals surface area contributed by atoms with Crippen LogP contribution in [0.25, 0.3) is 0 Å². The Bertz CT molecular complexity index is 549. The smallest absolute Gasteiger partial charge is 0.387 e. The predicted octanol–water partition coefficient (Wildman–Crippen LogP) is 3.19. The highest BCUT2D eigenvalue weighted by atomic mass is 19.3. The first-order valence-electron chi connectivity index (χ1n) is 7.83. The van der Waals surface area contributed by atoms with E-state index >= 15 is 0 Å². The number of benzene rings is 1. The summed E-state index contributed by atoms with van der Waals surface area (Å²) in [6.07, 6.45) is 0.101. The second-order valence-corrected chi connectivity index (χ2v) is 6.74. The topological polar surface area (TPSA) is 70.6 Å². The van der Waals surface area contributed by atoms with Gasteiger partial charge in [0.1, 0.15) is 5.75 Å². The zero-order valence-corrected chi connectivity index (χ0v) is 14.5. The van der Waals surface area contributed by atoms with E-state index in [0.29, 0.717) is 18.5 Å². The van der Waals surface area contributed by atoms with Crippen LogP contribution < -0.4 is 15.4 Å². The number of urea groups is 1. The van der Waals surface area contributed by atoms with E-state index in [0.717, 1.165) is 5.56 Å². The molecule has 136 valence electrons. The summed E-state index contributed by atoms with van der Waals surface area (Å²) in [7, 11) is 0. The van der Waals surface area contributed by atoms with Crippen LogP contribution in [0, 0.1) is 12.3 Å². The second-order valence-electron chi connectivity index (χ2n) is 6.74. The van der Waals surface area contributed by atoms with Gasteiger partial charge in [-0.15, -0.1) is 0 Å². The van der Waals surface area contributed by atoms with Gasteiger partial charge >= 0.3 is 12.6 Å². The Kier molecular flexibility index (Phi) is 7.41. The Morgan fingerprint density at radius 2 is 2.00 bits per heavy atom. The molecule has 0 saturated carbocycles. The Balaban J connectivity index is 2.56. The van der Waals surface area contributed by atoms with Crippen LogP contribution in [0.4, 0.5) is 13.6 Å². The van der Waals surface area contributed by atoms with Gasteiger partial charge in [-0.3, -0.25) is 0 Å². The maximum atomic E-state index is 12.4. The van der Waals surface area contributed by atoms with E-state index in [1.807, 2.05) is 20.8 Å². The van der Waals surface area contributed by atoms with Crippen LogP contribution in [0.3, 0.4) is 0 Å². The summed E-state index contributed by atoms with van der Waals surface area (Å²) < 4.78 is 29.3. The molecule has 0 fully saturated rings. The van der Waals surface area contributed by atoms with Gasteiger partial charge in [-0.25, -0.2) is 4.79 Å². The van der Waals surface area contributed by atoms with Crippen LogP contribution in [0.15, 0.2) is 18.2 Å². The van der Waals surface area contributed by atoms with Crippen LogP contribution >= 0.6 is 0 Å². The summed E-state index contributed by atoms with van der Waals surface area (Å²) >= 11 is 0. The Hall–Kier alpha value is -1.89. The van der Waals surface area contributed by atoms with E-state index in [1.54, 1.807) is 19.1 Å². The van der Waals surface area contributed by atoms with Gasteiger partial charge in [0.25, 0.3) is 0 Å². The van der Waals surface area contributed by atoms with Crippen molar-refractivity contribution < 1.29 is 23.4 Å². The minimum atomic E-state index is -2.92. The van der Waals surface area contributed by atoms with Gasteiger partial charge in [0.05, 0.1) is 6.10 Å². The number of hydrogen-bond acceptors (Lipinski definition) is 3. The highest BCUT2D eigenvalue weighted by Crippen LogP contribution is 2.22. The first kappa shape index (κ1) is 20.2. The SMILES string of the molecule is Cc1ccc(OC(F)F)c(CNC(=O)NCC(C)(C)CC(C)O)c1. The molecule has 7 heteroatoms. The molecule has 0 bridgehead atoms. The van der Waals surface area contributed by atoms with E-state index in [1.165, 1.54) is 6.07 Å². The number of aliphatic hydroxyl groups is 1. The second kappa shape index (κ2) is 8.82. The monoisotopic (exact) mass is 344 g/mol. The van der Waals surface area contributed by atoms with Crippen molar-refractivity contribution in [1.82, 2.24) is 10.6 Å². The molecule has 1 unspecified atom stereocenters. The van der Waals surface area contributed by atoms with Crippen LogP contribution in [0.2, 0.25) is 0 Å². The van der Waals surface area contributed by atoms with Gasteiger partial charge in [-0.1, -0.05) is 31.5 Å². The van der Waals surface area contributed by atoms with E-state index in [2.05, 4.69) is 15.4 Å². The lowest BCUT2D eigenvalue weighted by Crippen LogP contribution is -2.41. The third kappa shape index (κ3) is 7.59. The molecule has 1 aromatic carbocycles. The molecule has 3 N–H and O–H groups in total. The third-order valence-corrected chi connectivity index (χ3v) is 3.45. The largest absolute Gasteiger partial charge is 0.434 e. The number of rotatable bonds is 8. The molecule has 1 atom stereocenters. The van der Waals surface area contributed by atoms with Crippen molar-refractivity contribution in [3.05, 3.63) is 29.3 Å². The summed E-state index contributed by atoms with van der Waals surface area (Å²) in [5.41, 5.74) is 1.11. The van der Waals surface area contributed by atoms with Crippen LogP contribution in [-0.4, -0.2) is 30.4 Å². The summed E-state index contributed by atoms with van der Waals surface area (Å²) in [4.78, 5) is 11.9. The maximum Gasteiger partial charge on any atom is 0.387 e. The van der Waals surface area contributed by atoms with Crippen molar-refractivity contribution in [2.75, 3.05) is 6.54 Å². The maximum absolute atomic E-state index is 12.4. The Morgan fingerprint density at radius 1 is 1.33 bits per heavy atom. The van der Waals surface area contributed by atoms with Crippen molar-refractivity contribution in [3.8, 4) is 5.75 Å². The van der Waals surface area contributed by atoms with Crippen molar-refractivity contribution in [2.45, 2.75) is 53.4 Å². The van der Waals surface area contributed by atoms with Gasteiger partial charge in [0.2, 0.25) is 0 Å². The molecule has 0 spiro atoms. The van der Waals surface area contributed by atoms with Gasteiger partial charge in [0, 0.05) is 18.7 Å². The van der Waals surface area contributed by atoms with Crippen molar-refractivity contribution >= 4 is 6.03 Å². The van der Waals surface area contributed by atoms with Gasteiger partial charge in [-0.2, -0.15) is 8.78 Å². The number of aryl methyl sites for hydroxylation is 1. The minimum absolute atomic E-state index is 0.0466. The molecular formula is C17H26F2N2O3. The lowest BCUT2D eigenvalue weighted by Gasteiger charge is -2.26. The van der Waals surface area contributed by atoms with Crippen LogP contribution in [0.5, 0.6) is 5.75 Å². The van der Waals surface area contributed by atoms with E-state index in [9.17, 15) is 18.7 Å². The number of hydrogen-bond donors (Lipinski definition) is 3. The quantitative estimate of drug-likeness (QED) is 0.678. The van der Waals surface area contributed by atoms with Crippen LogP contribution in [-0.2, 0) is 6.54 Å². The summed E-state index contributed by atoms with van der Waals surface area (Å²) in [6, 6.07) is 4.41. The van der Waals surface area contributed by atoms with E-state index < -0.39 is 18.7 Å². The molecule has 2 amide bonds. The Morgan fingerprint density at radius 3 is 2.58 bits per heavy atom. The molecule has 0 aliphatic rings. The molecule has 1 aromatic rings. The van der Waals surface area contributed by atoms with Crippen molar-refractivity contribution in [2.24, 2.45) is 5.41 Å². The fourth-order valence-corrected chi connectivity index (χ4v) is 2.49. The average molecular weight is 344 g/mol. The zero-order valence-electron chi connectivity index (χ0n) is 14.5. The summed E-state index contributed by atoms with van der Waals surface area (Å²) in [5, 5.41) is 14.8. The van der Waals surface area contributed by atoms with Gasteiger partial charge in [-0.05, 0) is 31.7 Å². The van der Waals surface area contributed by atoms with Crippen molar-refractivity contribution in [3.63, 3.8) is 0 Å². The van der Waals surface area contributed by atoms with E-state index in [-0.39, 0.29) is 17.7 Å². The standard InChI is InChI=1S/C17H26F2N2O3/c1-11-5-6-14(24-15(18)19)13(7-11)9-20-16(23)21-10-17(3,4)8-12(2)22/h5-7,12,15,22H,8-10H2,1-4H3,(H2,20,21,23). The number of amides is 2. The highest BCUT2D eigenvalue weighted by Gasteiger charge is 2.21. The van der Waals surface area contributed by atoms with Gasteiger partial charge in [0.15, 0.2) is 0 Å². The highest BCUT2D eigenvalue weighted by molar-refractivity contribution is 5.74. The number of halogens is 2. The molecule has 0 aromatic heterocycles. The molecule has 0 heterocycles. The first-order chi connectivity index (χ1) is 11.1. The van der Waals surface area contributed by atoms with E-state index in [4.69, 9.17) is 0 Å². The Labute approximate surface area is 141 Å². The molecule has 0 radical (unpaired) electrons. The zero-order chi connectivity index (χ0) is 18.3. The average Bonchev–Trinajstić information content (AvgIpc) is 2.43. The molecule has 5 nitrogen and oxygen atoms in total. The lowest BCUT2D eigenvalue weighted by molar-refractivity contribution is -0.0504. The van der Waals surface area contributed by atoms with Crippen LogP contribution in [0.1, 0.15) is 38.3 Å². The molecule has 1 rings (SSSR count). The normalized spacial score (nSPS) is 12.8. The minimum Gasteiger partial charge on any atom is -0.434 e. The molecular weight excluding hydrogens is 318 g/mol. The number of nitrogens with one attached hydrogen (secondary N) is 2. The molecule has 24 heavy (non-hydrogen) atoms. The lowest BCUT2D eigenvalue weighted by atomic mass is 9.87. The number of carbonyl (C=O) groups excluding carboxylic acids is 1. The third-order valence-electron chi connectivity index (χ3n) is 3.45. The fourth-order valence-electron chi connectivity index (χ4n) is 2.49. The first-order valence-corrected chi connectivity index (χ1v) is 7.83. The molecule has 0 aliphatic carbocycles. The van der Waals surface area contributed by atoms with Crippen molar-refractivity contribution in [1.29, 1.82) is 0 Å². The number of alkyl halides is 2. The number of ether oxygens (including phenoxy) is 1. The van der Waals surface area contributed by atoms with Gasteiger partial charge < -0.3 is 20.5 Å². The number of aliphatic hydroxyl groups excluding tert-OH is 1. The molecule has 0 aliphatic heterocycles. The fraction of sp³-hybridized carbons (Fsp3) is 0.588. The number of carbonyl (C=O) groups is 1. The predicted molar refractivity (Wildman–Crippen MR) is 88.1 cm³/mol. The molecule has 0 saturated heterocycles. The summed E-state index contributed by atoms with van der Waals surface area (Å²) in [5.74, 6) is 0.0466.